The van der Waals surface area contributed by atoms with Crippen LogP contribution in [-0.4, -0.2) is 18.1 Å². The van der Waals surface area contributed by atoms with Gasteiger partial charge in [-0.25, -0.2) is 4.98 Å². The number of ether oxygens (including phenoxy) is 2. The highest BCUT2D eigenvalue weighted by Gasteiger charge is 2.08. The van der Waals surface area contributed by atoms with Gasteiger partial charge in [0.05, 0.1) is 6.61 Å². The summed E-state index contributed by atoms with van der Waals surface area (Å²) < 4.78 is 11.4. The van der Waals surface area contributed by atoms with Crippen LogP contribution in [0.4, 0.5) is 0 Å². The van der Waals surface area contributed by atoms with Crippen LogP contribution in [0.5, 0.6) is 11.5 Å². The summed E-state index contributed by atoms with van der Waals surface area (Å²) in [6.45, 7) is 5.65. The van der Waals surface area contributed by atoms with E-state index in [4.69, 9.17) is 15.2 Å². The summed E-state index contributed by atoms with van der Waals surface area (Å²) >= 11 is 1.61. The van der Waals surface area contributed by atoms with Gasteiger partial charge in [-0.1, -0.05) is 6.07 Å². The van der Waals surface area contributed by atoms with Crippen LogP contribution in [0.2, 0.25) is 0 Å². The van der Waals surface area contributed by atoms with Crippen LogP contribution in [-0.2, 0) is 13.0 Å². The second-order valence-electron chi connectivity index (χ2n) is 4.42. The van der Waals surface area contributed by atoms with Crippen molar-refractivity contribution >= 4 is 11.3 Å². The Morgan fingerprint density at radius 2 is 2.10 bits per heavy atom. The average Bonchev–Trinajstić information content (AvgIpc) is 2.84. The minimum Gasteiger partial charge on any atom is -0.490 e. The number of thiazole rings is 1. The van der Waals surface area contributed by atoms with Gasteiger partial charge in [0.15, 0.2) is 11.5 Å². The smallest absolute Gasteiger partial charge is 0.161 e. The largest absolute Gasteiger partial charge is 0.490 e. The Morgan fingerprint density at radius 1 is 1.25 bits per heavy atom. The van der Waals surface area contributed by atoms with Crippen molar-refractivity contribution in [3.05, 3.63) is 39.8 Å². The molecule has 0 unspecified atom stereocenters. The molecule has 5 heteroatoms. The number of rotatable bonds is 7. The van der Waals surface area contributed by atoms with Crippen LogP contribution in [0.25, 0.3) is 0 Å². The molecule has 2 N–H and O–H groups in total. The normalized spacial score (nSPS) is 10.6. The molecule has 108 valence electrons. The summed E-state index contributed by atoms with van der Waals surface area (Å²) in [5.74, 6) is 1.52. The number of benzene rings is 1. The predicted molar refractivity (Wildman–Crippen MR) is 81.6 cm³/mol. The summed E-state index contributed by atoms with van der Waals surface area (Å²) in [7, 11) is 0. The van der Waals surface area contributed by atoms with Crippen molar-refractivity contribution in [3.63, 3.8) is 0 Å². The van der Waals surface area contributed by atoms with Crippen molar-refractivity contribution in [3.8, 4) is 11.5 Å². The number of nitrogens with zero attached hydrogens (tertiary/aromatic N) is 1. The molecule has 0 aliphatic heterocycles. The predicted octanol–water partition coefficient (Wildman–Crippen LogP) is 2.93. The molecule has 0 saturated carbocycles. The van der Waals surface area contributed by atoms with Gasteiger partial charge in [0.2, 0.25) is 0 Å². The average molecular weight is 292 g/mol. The molecule has 0 atom stereocenters. The Bertz CT molecular complexity index is 555. The van der Waals surface area contributed by atoms with Gasteiger partial charge < -0.3 is 15.2 Å². The number of aromatic nitrogens is 1. The highest BCUT2D eigenvalue weighted by Crippen LogP contribution is 2.29. The van der Waals surface area contributed by atoms with E-state index in [1.807, 2.05) is 37.4 Å². The van der Waals surface area contributed by atoms with Crippen LogP contribution in [0.1, 0.15) is 23.2 Å². The highest BCUT2D eigenvalue weighted by atomic mass is 32.1. The van der Waals surface area contributed by atoms with Crippen LogP contribution in [0.3, 0.4) is 0 Å². The number of hydrogen-bond acceptors (Lipinski definition) is 5. The van der Waals surface area contributed by atoms with Gasteiger partial charge in [-0.2, -0.15) is 0 Å². The minimum atomic E-state index is 0.467. The van der Waals surface area contributed by atoms with Gasteiger partial charge in [0.1, 0.15) is 11.6 Å². The summed E-state index contributed by atoms with van der Waals surface area (Å²) in [6, 6.07) is 5.97. The molecule has 0 fully saturated rings. The molecule has 1 heterocycles. The zero-order valence-electron chi connectivity index (χ0n) is 11.9. The lowest BCUT2D eigenvalue weighted by atomic mass is 10.1. The van der Waals surface area contributed by atoms with Crippen LogP contribution < -0.4 is 15.2 Å². The van der Waals surface area contributed by atoms with Crippen LogP contribution in [0.15, 0.2) is 23.6 Å². The van der Waals surface area contributed by atoms with Crippen LogP contribution in [0, 0.1) is 6.92 Å². The third-order valence-electron chi connectivity index (χ3n) is 2.76. The Morgan fingerprint density at radius 3 is 2.75 bits per heavy atom. The van der Waals surface area contributed by atoms with Gasteiger partial charge in [-0.15, -0.1) is 11.3 Å². The van der Waals surface area contributed by atoms with E-state index in [-0.39, 0.29) is 0 Å². The summed E-state index contributed by atoms with van der Waals surface area (Å²) in [6.07, 6.45) is 0.839. The fourth-order valence-corrected chi connectivity index (χ4v) is 2.55. The maximum atomic E-state index is 5.81. The number of nitrogens with two attached hydrogens (primary N) is 1. The van der Waals surface area contributed by atoms with Crippen molar-refractivity contribution in [2.75, 3.05) is 13.2 Å². The van der Waals surface area contributed by atoms with Gasteiger partial charge in [-0.3, -0.25) is 0 Å². The SMILES string of the molecule is CCOc1cc(CCN)ccc1OCc1nc(C)cs1. The summed E-state index contributed by atoms with van der Waals surface area (Å²) in [5, 5.41) is 2.99. The van der Waals surface area contributed by atoms with Crippen molar-refractivity contribution in [2.45, 2.75) is 26.9 Å². The Labute approximate surface area is 123 Å². The van der Waals surface area contributed by atoms with Gasteiger partial charge in [0.25, 0.3) is 0 Å². The van der Waals surface area contributed by atoms with E-state index in [1.54, 1.807) is 11.3 Å². The lowest BCUT2D eigenvalue weighted by Crippen LogP contribution is -2.04. The Hall–Kier alpha value is -1.59. The molecular formula is C15H20N2O2S. The maximum absolute atomic E-state index is 5.81. The molecule has 0 amide bonds. The van der Waals surface area contributed by atoms with Gasteiger partial charge in [-0.05, 0) is 44.5 Å². The first-order valence-corrected chi connectivity index (χ1v) is 7.60. The fraction of sp³-hybridized carbons (Fsp3) is 0.400. The fourth-order valence-electron chi connectivity index (χ4n) is 1.87. The molecule has 1 aromatic heterocycles. The first kappa shape index (κ1) is 14.8. The lowest BCUT2D eigenvalue weighted by Gasteiger charge is -2.12. The molecule has 0 aliphatic rings. The molecule has 2 rings (SSSR count). The topological polar surface area (TPSA) is 57.4 Å². The molecule has 0 radical (unpaired) electrons. The molecule has 4 nitrogen and oxygen atoms in total. The van der Waals surface area contributed by atoms with E-state index in [0.717, 1.165) is 34.2 Å². The van der Waals surface area contributed by atoms with E-state index < -0.39 is 0 Å². The third kappa shape index (κ3) is 3.95. The molecule has 0 bridgehead atoms. The zero-order chi connectivity index (χ0) is 14.4. The monoisotopic (exact) mass is 292 g/mol. The van der Waals surface area contributed by atoms with Crippen molar-refractivity contribution in [2.24, 2.45) is 5.73 Å². The zero-order valence-corrected chi connectivity index (χ0v) is 12.7. The standard InChI is InChI=1S/C15H20N2O2S/c1-3-18-14-8-12(6-7-16)4-5-13(14)19-9-15-17-11(2)10-20-15/h4-5,8,10H,3,6-7,9,16H2,1-2H3. The third-order valence-corrected chi connectivity index (χ3v) is 3.70. The Balaban J connectivity index is 2.09. The Kier molecular flexibility index (Phi) is 5.38. The minimum absolute atomic E-state index is 0.467. The maximum Gasteiger partial charge on any atom is 0.161 e. The summed E-state index contributed by atoms with van der Waals surface area (Å²) in [4.78, 5) is 4.38. The van der Waals surface area contributed by atoms with E-state index in [0.29, 0.717) is 19.8 Å². The molecule has 20 heavy (non-hydrogen) atoms. The van der Waals surface area contributed by atoms with Crippen molar-refractivity contribution < 1.29 is 9.47 Å². The molecular weight excluding hydrogens is 272 g/mol. The van der Waals surface area contributed by atoms with E-state index >= 15 is 0 Å². The first-order valence-electron chi connectivity index (χ1n) is 6.72. The molecule has 1 aromatic carbocycles. The molecule has 0 aliphatic carbocycles. The molecule has 0 spiro atoms. The van der Waals surface area contributed by atoms with Gasteiger partial charge >= 0.3 is 0 Å². The second kappa shape index (κ2) is 7.26. The van der Waals surface area contributed by atoms with Gasteiger partial charge in [0, 0.05) is 11.1 Å². The van der Waals surface area contributed by atoms with Crippen molar-refractivity contribution in [1.29, 1.82) is 0 Å². The summed E-state index contributed by atoms with van der Waals surface area (Å²) in [5.41, 5.74) is 7.77. The first-order chi connectivity index (χ1) is 9.72. The number of aryl methyl sites for hydroxylation is 1. The molecule has 2 aromatic rings. The highest BCUT2D eigenvalue weighted by molar-refractivity contribution is 7.09. The van der Waals surface area contributed by atoms with Crippen LogP contribution >= 0.6 is 11.3 Å². The van der Waals surface area contributed by atoms with Crippen molar-refractivity contribution in [1.82, 2.24) is 4.98 Å². The quantitative estimate of drug-likeness (QED) is 0.852. The van der Waals surface area contributed by atoms with E-state index in [2.05, 4.69) is 4.98 Å². The molecule has 0 saturated heterocycles. The number of hydrogen-bond donors (Lipinski definition) is 1. The lowest BCUT2D eigenvalue weighted by molar-refractivity contribution is 0.268. The van der Waals surface area contributed by atoms with E-state index in [9.17, 15) is 0 Å². The second-order valence-corrected chi connectivity index (χ2v) is 5.37. The van der Waals surface area contributed by atoms with E-state index in [1.165, 1.54) is 0 Å².